The van der Waals surface area contributed by atoms with Gasteiger partial charge in [-0.15, -0.1) is 0 Å². The summed E-state index contributed by atoms with van der Waals surface area (Å²) in [5, 5.41) is 19.8. The van der Waals surface area contributed by atoms with Crippen LogP contribution in [0, 0.1) is 10.1 Å². The van der Waals surface area contributed by atoms with Gasteiger partial charge in [-0.05, 0) is 35.0 Å². The highest BCUT2D eigenvalue weighted by Gasteiger charge is 2.23. The largest absolute Gasteiger partial charge is 0.507 e. The molecule has 1 N–H and O–H groups in total. The molecule has 0 aliphatic rings. The molecule has 74 valence electrons. The van der Waals surface area contributed by atoms with Crippen molar-refractivity contribution in [1.29, 1.82) is 0 Å². The molecule has 0 heterocycles. The number of Topliss-reactive ketones (excluding diaryl/α,β-unsaturated/α-hetero) is 1. The summed E-state index contributed by atoms with van der Waals surface area (Å²) >= 11 is 2.86. The zero-order chi connectivity index (χ0) is 10.9. The summed E-state index contributed by atoms with van der Waals surface area (Å²) in [7, 11) is 0. The van der Waals surface area contributed by atoms with E-state index in [2.05, 4.69) is 15.9 Å². The van der Waals surface area contributed by atoms with Crippen LogP contribution in [0.15, 0.2) is 16.6 Å². The molecule has 5 nitrogen and oxygen atoms in total. The first-order valence-corrected chi connectivity index (χ1v) is 4.41. The summed E-state index contributed by atoms with van der Waals surface area (Å²) in [4.78, 5) is 20.9. The summed E-state index contributed by atoms with van der Waals surface area (Å²) in [6.45, 7) is 1.23. The van der Waals surface area contributed by atoms with Gasteiger partial charge in [-0.1, -0.05) is 0 Å². The van der Waals surface area contributed by atoms with E-state index in [1.54, 1.807) is 0 Å². The first kappa shape index (κ1) is 10.6. The number of ketones is 1. The lowest BCUT2D eigenvalue weighted by Gasteiger charge is -2.02. The number of aromatic hydroxyl groups is 1. The van der Waals surface area contributed by atoms with Crippen LogP contribution < -0.4 is 0 Å². The number of rotatable bonds is 2. The minimum Gasteiger partial charge on any atom is -0.507 e. The maximum absolute atomic E-state index is 11.0. The van der Waals surface area contributed by atoms with E-state index < -0.39 is 16.4 Å². The number of hydrogen-bond acceptors (Lipinski definition) is 4. The molecule has 14 heavy (non-hydrogen) atoms. The number of benzene rings is 1. The number of phenols is 1. The minimum atomic E-state index is -0.708. The number of halogens is 1. The predicted molar refractivity (Wildman–Crippen MR) is 52.5 cm³/mol. The van der Waals surface area contributed by atoms with Crippen molar-refractivity contribution in [3.8, 4) is 5.75 Å². The van der Waals surface area contributed by atoms with Gasteiger partial charge in [-0.3, -0.25) is 14.9 Å². The van der Waals surface area contributed by atoms with Gasteiger partial charge in [0.25, 0.3) is 5.69 Å². The van der Waals surface area contributed by atoms with Crippen LogP contribution in [0.3, 0.4) is 0 Å². The Hall–Kier alpha value is -1.43. The third-order valence-corrected chi connectivity index (χ3v) is 2.44. The minimum absolute atomic E-state index is 0.0281. The lowest BCUT2D eigenvalue weighted by molar-refractivity contribution is -0.386. The standard InChI is InChI=1S/C8H6BrNO4/c1-4(11)5-2-3-6(12)7(9)8(5)10(13)14/h2-3,12H,1H3. The number of nitro groups is 1. The summed E-state index contributed by atoms with van der Waals surface area (Å²) < 4.78 is -0.0739. The van der Waals surface area contributed by atoms with Gasteiger partial charge in [0.05, 0.1) is 10.5 Å². The second kappa shape index (κ2) is 3.75. The lowest BCUT2D eigenvalue weighted by atomic mass is 10.1. The van der Waals surface area contributed by atoms with Gasteiger partial charge in [-0.25, -0.2) is 0 Å². The van der Waals surface area contributed by atoms with E-state index >= 15 is 0 Å². The number of carbonyl (C=O) groups excluding carboxylic acids is 1. The zero-order valence-corrected chi connectivity index (χ0v) is 8.74. The fourth-order valence-electron chi connectivity index (χ4n) is 1.02. The summed E-state index contributed by atoms with van der Waals surface area (Å²) in [6, 6.07) is 2.45. The molecule has 0 bridgehead atoms. The Bertz CT molecular complexity index is 416. The Balaban J connectivity index is 3.53. The van der Waals surface area contributed by atoms with Crippen LogP contribution in [-0.2, 0) is 0 Å². The van der Waals surface area contributed by atoms with Crippen LogP contribution >= 0.6 is 15.9 Å². The first-order chi connectivity index (χ1) is 6.45. The number of phenolic OH excluding ortho intramolecular Hbond substituents is 1. The molecule has 6 heteroatoms. The van der Waals surface area contributed by atoms with Crippen molar-refractivity contribution in [2.75, 3.05) is 0 Å². The van der Waals surface area contributed by atoms with Crippen molar-refractivity contribution in [2.24, 2.45) is 0 Å². The van der Waals surface area contributed by atoms with E-state index in [9.17, 15) is 20.0 Å². The van der Waals surface area contributed by atoms with E-state index in [-0.39, 0.29) is 15.8 Å². The first-order valence-electron chi connectivity index (χ1n) is 3.62. The average molecular weight is 260 g/mol. The molecule has 0 saturated heterocycles. The van der Waals surface area contributed by atoms with Crippen LogP contribution in [-0.4, -0.2) is 15.8 Å². The molecule has 0 aliphatic heterocycles. The molecule has 0 saturated carbocycles. The van der Waals surface area contributed by atoms with Crippen LogP contribution in [0.4, 0.5) is 5.69 Å². The number of nitrogens with zero attached hydrogens (tertiary/aromatic N) is 1. The Morgan fingerprint density at radius 1 is 1.57 bits per heavy atom. The molecule has 0 amide bonds. The van der Waals surface area contributed by atoms with Gasteiger partial charge in [0.2, 0.25) is 0 Å². The highest BCUT2D eigenvalue weighted by atomic mass is 79.9. The van der Waals surface area contributed by atoms with Gasteiger partial charge in [-0.2, -0.15) is 0 Å². The summed E-state index contributed by atoms with van der Waals surface area (Å²) in [5.74, 6) is -0.681. The highest BCUT2D eigenvalue weighted by Crippen LogP contribution is 2.36. The molecule has 0 radical (unpaired) electrons. The number of hydrogen-bond donors (Lipinski definition) is 1. The Morgan fingerprint density at radius 3 is 2.57 bits per heavy atom. The van der Waals surface area contributed by atoms with Gasteiger partial charge in [0, 0.05) is 0 Å². The van der Waals surface area contributed by atoms with Crippen molar-refractivity contribution in [3.05, 3.63) is 32.3 Å². The molecular formula is C8H6BrNO4. The second-order valence-electron chi connectivity index (χ2n) is 2.61. The lowest BCUT2D eigenvalue weighted by Crippen LogP contribution is -2.00. The van der Waals surface area contributed by atoms with E-state index in [1.807, 2.05) is 0 Å². The van der Waals surface area contributed by atoms with Crippen molar-refractivity contribution in [1.82, 2.24) is 0 Å². The summed E-state index contributed by atoms with van der Waals surface area (Å²) in [5.41, 5.74) is -0.433. The second-order valence-corrected chi connectivity index (χ2v) is 3.40. The van der Waals surface area contributed by atoms with E-state index in [0.717, 1.165) is 0 Å². The monoisotopic (exact) mass is 259 g/mol. The molecule has 0 spiro atoms. The van der Waals surface area contributed by atoms with Crippen LogP contribution in [0.5, 0.6) is 5.75 Å². The number of carbonyl (C=O) groups is 1. The van der Waals surface area contributed by atoms with Crippen LogP contribution in [0.25, 0.3) is 0 Å². The summed E-state index contributed by atoms with van der Waals surface area (Å²) in [6.07, 6.45) is 0. The molecule has 1 rings (SSSR count). The van der Waals surface area contributed by atoms with E-state index in [4.69, 9.17) is 0 Å². The predicted octanol–water partition coefficient (Wildman–Crippen LogP) is 2.27. The molecule has 1 aromatic carbocycles. The maximum Gasteiger partial charge on any atom is 0.298 e. The van der Waals surface area contributed by atoms with E-state index in [0.29, 0.717) is 0 Å². The molecule has 0 unspecified atom stereocenters. The molecule has 0 fully saturated rings. The van der Waals surface area contributed by atoms with Crippen molar-refractivity contribution in [3.63, 3.8) is 0 Å². The molecular weight excluding hydrogens is 254 g/mol. The topological polar surface area (TPSA) is 80.4 Å². The van der Waals surface area contributed by atoms with Crippen LogP contribution in [0.2, 0.25) is 0 Å². The molecule has 0 aromatic heterocycles. The van der Waals surface area contributed by atoms with Crippen molar-refractivity contribution in [2.45, 2.75) is 6.92 Å². The van der Waals surface area contributed by atoms with Crippen molar-refractivity contribution >= 4 is 27.4 Å². The number of nitro benzene ring substituents is 1. The quantitative estimate of drug-likeness (QED) is 0.502. The van der Waals surface area contributed by atoms with Gasteiger partial charge < -0.3 is 5.11 Å². The molecule has 1 aromatic rings. The van der Waals surface area contributed by atoms with E-state index in [1.165, 1.54) is 19.1 Å². The molecule has 0 atom stereocenters. The van der Waals surface area contributed by atoms with Crippen LogP contribution in [0.1, 0.15) is 17.3 Å². The molecule has 0 aliphatic carbocycles. The fraction of sp³-hybridized carbons (Fsp3) is 0.125. The van der Waals surface area contributed by atoms with Crippen molar-refractivity contribution < 1.29 is 14.8 Å². The smallest absolute Gasteiger partial charge is 0.298 e. The third-order valence-electron chi connectivity index (χ3n) is 1.66. The highest BCUT2D eigenvalue weighted by molar-refractivity contribution is 9.10. The van der Waals surface area contributed by atoms with Gasteiger partial charge in [0.15, 0.2) is 5.78 Å². The van der Waals surface area contributed by atoms with Gasteiger partial charge >= 0.3 is 0 Å². The Kier molecular flexibility index (Phi) is 2.85. The Morgan fingerprint density at radius 2 is 2.14 bits per heavy atom. The third kappa shape index (κ3) is 1.74. The average Bonchev–Trinajstić information content (AvgIpc) is 2.08. The fourth-order valence-corrected chi connectivity index (χ4v) is 1.51. The Labute approximate surface area is 87.6 Å². The zero-order valence-electron chi connectivity index (χ0n) is 7.15. The SMILES string of the molecule is CC(=O)c1ccc(O)c(Br)c1[N+](=O)[O-]. The van der Waals surface area contributed by atoms with Gasteiger partial charge in [0.1, 0.15) is 10.2 Å². The maximum atomic E-state index is 11.0. The normalized spacial score (nSPS) is 9.86.